The maximum absolute atomic E-state index is 11.1. The molecule has 88 valence electrons. The van der Waals surface area contributed by atoms with Crippen molar-refractivity contribution < 1.29 is 14.5 Å². The fourth-order valence-corrected chi connectivity index (χ4v) is 1.43. The molecule has 1 heterocycles. The number of imide groups is 1. The maximum atomic E-state index is 11.1. The van der Waals surface area contributed by atoms with Gasteiger partial charge in [0.25, 0.3) is 5.69 Å². The van der Waals surface area contributed by atoms with Crippen molar-refractivity contribution in [2.45, 2.75) is 0 Å². The molecule has 0 radical (unpaired) electrons. The molecule has 8 heteroatoms. The van der Waals surface area contributed by atoms with E-state index < -0.39 is 16.9 Å². The minimum atomic E-state index is -0.659. The van der Waals surface area contributed by atoms with E-state index in [1.807, 2.05) is 0 Å². The van der Waals surface area contributed by atoms with Gasteiger partial charge in [-0.3, -0.25) is 25.2 Å². The largest absolute Gasteiger partial charge is 0.340 e. The van der Waals surface area contributed by atoms with Crippen LogP contribution in [-0.4, -0.2) is 23.4 Å². The van der Waals surface area contributed by atoms with Crippen LogP contribution in [0.4, 0.5) is 16.2 Å². The van der Waals surface area contributed by atoms with Gasteiger partial charge in [0.2, 0.25) is 5.91 Å². The van der Waals surface area contributed by atoms with E-state index in [1.165, 1.54) is 23.2 Å². The molecule has 0 atom stereocenters. The number of amides is 3. The molecule has 1 aromatic rings. The highest BCUT2D eigenvalue weighted by Gasteiger charge is 2.22. The zero-order valence-electron chi connectivity index (χ0n) is 8.54. The van der Waals surface area contributed by atoms with Gasteiger partial charge in [-0.1, -0.05) is 6.07 Å². The second-order valence-electron chi connectivity index (χ2n) is 3.35. The van der Waals surface area contributed by atoms with Gasteiger partial charge in [0.1, 0.15) is 6.54 Å². The van der Waals surface area contributed by atoms with Gasteiger partial charge < -0.3 is 0 Å². The van der Waals surface area contributed by atoms with E-state index in [9.17, 15) is 19.7 Å². The van der Waals surface area contributed by atoms with Crippen LogP contribution in [0, 0.1) is 10.1 Å². The Labute approximate surface area is 95.3 Å². The molecule has 1 aliphatic rings. The number of anilines is 1. The molecular formula is C9H8N4O4. The monoisotopic (exact) mass is 236 g/mol. The standard InChI is InChI=1S/C9H8N4O4/c14-8-5-12(11-9(15)10-8)6-2-1-3-7(4-6)13(16)17/h1-4H,5H2,(H2,10,11,14,15). The lowest BCUT2D eigenvalue weighted by Gasteiger charge is -2.28. The van der Waals surface area contributed by atoms with Gasteiger partial charge in [-0.2, -0.15) is 0 Å². The SMILES string of the molecule is O=C1CN(c2cccc([N+](=O)[O-])c2)NC(=O)N1. The summed E-state index contributed by atoms with van der Waals surface area (Å²) >= 11 is 0. The van der Waals surface area contributed by atoms with Gasteiger partial charge in [-0.15, -0.1) is 0 Å². The van der Waals surface area contributed by atoms with E-state index in [0.29, 0.717) is 5.69 Å². The van der Waals surface area contributed by atoms with E-state index in [-0.39, 0.29) is 12.2 Å². The van der Waals surface area contributed by atoms with Crippen LogP contribution in [0.5, 0.6) is 0 Å². The number of nitro groups is 1. The Morgan fingerprint density at radius 2 is 2.12 bits per heavy atom. The van der Waals surface area contributed by atoms with Crippen LogP contribution in [0.1, 0.15) is 0 Å². The summed E-state index contributed by atoms with van der Waals surface area (Å²) in [6.07, 6.45) is 0. The number of rotatable bonds is 2. The van der Waals surface area contributed by atoms with Gasteiger partial charge in [0.05, 0.1) is 10.6 Å². The number of carbonyl (C=O) groups is 2. The Bertz CT molecular complexity index is 486. The fourth-order valence-electron chi connectivity index (χ4n) is 1.43. The first-order valence-corrected chi connectivity index (χ1v) is 4.69. The molecule has 0 aromatic heterocycles. The van der Waals surface area contributed by atoms with Crippen LogP contribution < -0.4 is 15.8 Å². The van der Waals surface area contributed by atoms with Crippen molar-refractivity contribution in [3.8, 4) is 0 Å². The normalized spacial score (nSPS) is 15.2. The lowest BCUT2D eigenvalue weighted by Crippen LogP contribution is -2.59. The van der Waals surface area contributed by atoms with Crippen molar-refractivity contribution in [1.82, 2.24) is 10.7 Å². The molecule has 0 unspecified atom stereocenters. The highest BCUT2D eigenvalue weighted by atomic mass is 16.6. The molecule has 8 nitrogen and oxygen atoms in total. The number of nitrogens with zero attached hydrogens (tertiary/aromatic N) is 2. The summed E-state index contributed by atoms with van der Waals surface area (Å²) in [7, 11) is 0. The Balaban J connectivity index is 2.27. The fraction of sp³-hybridized carbons (Fsp3) is 0.111. The maximum Gasteiger partial charge on any atom is 0.340 e. The molecule has 1 aromatic carbocycles. The molecule has 0 bridgehead atoms. The number of nitro benzene ring substituents is 1. The van der Waals surface area contributed by atoms with Crippen LogP contribution in [-0.2, 0) is 4.79 Å². The molecule has 1 aliphatic heterocycles. The van der Waals surface area contributed by atoms with Crippen LogP contribution in [0.25, 0.3) is 0 Å². The summed E-state index contributed by atoms with van der Waals surface area (Å²) in [5.74, 6) is -0.472. The van der Waals surface area contributed by atoms with E-state index in [4.69, 9.17) is 0 Å². The van der Waals surface area contributed by atoms with Gasteiger partial charge in [-0.25, -0.2) is 10.2 Å². The summed E-state index contributed by atoms with van der Waals surface area (Å²) in [5, 5.41) is 13.9. The van der Waals surface area contributed by atoms with Crippen LogP contribution >= 0.6 is 0 Å². The lowest BCUT2D eigenvalue weighted by atomic mass is 10.2. The molecule has 17 heavy (non-hydrogen) atoms. The Morgan fingerprint density at radius 1 is 1.35 bits per heavy atom. The van der Waals surface area contributed by atoms with Crippen LogP contribution in [0.15, 0.2) is 24.3 Å². The quantitative estimate of drug-likeness (QED) is 0.562. The third kappa shape index (κ3) is 2.30. The number of hydrogen-bond donors (Lipinski definition) is 2. The summed E-state index contributed by atoms with van der Waals surface area (Å²) in [4.78, 5) is 32.2. The van der Waals surface area contributed by atoms with Crippen molar-refractivity contribution >= 4 is 23.3 Å². The molecule has 0 saturated carbocycles. The molecular weight excluding hydrogens is 228 g/mol. The van der Waals surface area contributed by atoms with Gasteiger partial charge in [0, 0.05) is 12.1 Å². The predicted molar refractivity (Wildman–Crippen MR) is 57.1 cm³/mol. The first-order valence-electron chi connectivity index (χ1n) is 4.69. The van der Waals surface area contributed by atoms with Crippen molar-refractivity contribution in [3.05, 3.63) is 34.4 Å². The molecule has 0 aliphatic carbocycles. The number of hydrogen-bond acceptors (Lipinski definition) is 5. The summed E-state index contributed by atoms with van der Waals surface area (Å²) in [5.41, 5.74) is 2.64. The topological polar surface area (TPSA) is 105 Å². The molecule has 1 fully saturated rings. The zero-order chi connectivity index (χ0) is 12.4. The molecule has 2 N–H and O–H groups in total. The number of nitrogens with one attached hydrogen (secondary N) is 2. The van der Waals surface area contributed by atoms with E-state index in [0.717, 1.165) is 0 Å². The number of benzene rings is 1. The van der Waals surface area contributed by atoms with Gasteiger partial charge >= 0.3 is 6.03 Å². The first-order chi connectivity index (χ1) is 8.06. The van der Waals surface area contributed by atoms with Crippen molar-refractivity contribution in [1.29, 1.82) is 0 Å². The molecule has 2 rings (SSSR count). The van der Waals surface area contributed by atoms with Crippen molar-refractivity contribution in [3.63, 3.8) is 0 Å². The van der Waals surface area contributed by atoms with Gasteiger partial charge in [-0.05, 0) is 6.07 Å². The molecule has 1 saturated heterocycles. The number of hydrazine groups is 1. The van der Waals surface area contributed by atoms with Crippen LogP contribution in [0.3, 0.4) is 0 Å². The number of non-ortho nitro benzene ring substituents is 1. The van der Waals surface area contributed by atoms with E-state index in [2.05, 4.69) is 10.7 Å². The minimum Gasteiger partial charge on any atom is -0.275 e. The van der Waals surface area contributed by atoms with E-state index >= 15 is 0 Å². The van der Waals surface area contributed by atoms with Crippen molar-refractivity contribution in [2.24, 2.45) is 0 Å². The second-order valence-corrected chi connectivity index (χ2v) is 3.35. The van der Waals surface area contributed by atoms with E-state index in [1.54, 1.807) is 6.07 Å². The lowest BCUT2D eigenvalue weighted by molar-refractivity contribution is -0.384. The third-order valence-electron chi connectivity index (χ3n) is 2.14. The average Bonchev–Trinajstić information content (AvgIpc) is 2.28. The summed E-state index contributed by atoms with van der Waals surface area (Å²) in [6.45, 7) is -0.0904. The Hall–Kier alpha value is -2.64. The summed E-state index contributed by atoms with van der Waals surface area (Å²) < 4.78 is 0. The second kappa shape index (κ2) is 4.08. The predicted octanol–water partition coefficient (Wildman–Crippen LogP) is 0.156. The number of urea groups is 1. The highest BCUT2D eigenvalue weighted by Crippen LogP contribution is 2.20. The molecule has 0 spiro atoms. The zero-order valence-corrected chi connectivity index (χ0v) is 8.54. The van der Waals surface area contributed by atoms with Crippen molar-refractivity contribution in [2.75, 3.05) is 11.6 Å². The van der Waals surface area contributed by atoms with Crippen LogP contribution in [0.2, 0.25) is 0 Å². The molecule has 3 amide bonds. The Morgan fingerprint density at radius 3 is 2.76 bits per heavy atom. The Kier molecular flexibility index (Phi) is 2.61. The first kappa shape index (κ1) is 10.9. The van der Waals surface area contributed by atoms with Gasteiger partial charge in [0.15, 0.2) is 0 Å². The number of carbonyl (C=O) groups excluding carboxylic acids is 2. The summed E-state index contributed by atoms with van der Waals surface area (Å²) in [6, 6.07) is 4.99. The minimum absolute atomic E-state index is 0.0904. The smallest absolute Gasteiger partial charge is 0.275 e. The highest BCUT2D eigenvalue weighted by molar-refractivity contribution is 6.00. The third-order valence-corrected chi connectivity index (χ3v) is 2.14. The average molecular weight is 236 g/mol.